The molecule has 0 saturated heterocycles. The second kappa shape index (κ2) is 4.67. The van der Waals surface area contributed by atoms with E-state index in [1.165, 1.54) is 4.57 Å². The summed E-state index contributed by atoms with van der Waals surface area (Å²) in [5, 5.41) is 19.0. The van der Waals surface area contributed by atoms with Gasteiger partial charge in [-0.2, -0.15) is 0 Å². The summed E-state index contributed by atoms with van der Waals surface area (Å²) in [4.78, 5) is 22.3. The molecule has 0 spiro atoms. The van der Waals surface area contributed by atoms with Crippen molar-refractivity contribution < 1.29 is 19.8 Å². The van der Waals surface area contributed by atoms with Gasteiger partial charge in [0.15, 0.2) is 0 Å². The van der Waals surface area contributed by atoms with Crippen LogP contribution in [0.15, 0.2) is 24.4 Å². The van der Waals surface area contributed by atoms with Gasteiger partial charge < -0.3 is 14.8 Å². The van der Waals surface area contributed by atoms with Gasteiger partial charge in [-0.15, -0.1) is 0 Å². The molecule has 0 amide bonds. The van der Waals surface area contributed by atoms with E-state index in [4.69, 9.17) is 5.11 Å². The van der Waals surface area contributed by atoms with E-state index in [0.29, 0.717) is 5.52 Å². The fraction of sp³-hybridized carbons (Fsp3) is 0.333. The molecule has 0 bridgehead atoms. The molecule has 1 heterocycles. The number of hydrogen-bond donors (Lipinski definition) is 2. The zero-order valence-corrected chi connectivity index (χ0v) is 11.7. The smallest absolute Gasteiger partial charge is 0.337 e. The van der Waals surface area contributed by atoms with Crippen molar-refractivity contribution in [3.05, 3.63) is 35.5 Å². The van der Waals surface area contributed by atoms with Crippen molar-refractivity contribution in [2.75, 3.05) is 0 Å². The molecule has 106 valence electrons. The average Bonchev–Trinajstić information content (AvgIpc) is 2.69. The zero-order chi connectivity index (χ0) is 15.1. The normalized spacial score (nSPS) is 11.8. The van der Waals surface area contributed by atoms with Crippen LogP contribution in [0.3, 0.4) is 0 Å². The Morgan fingerprint density at radius 3 is 2.35 bits per heavy atom. The number of hydrogen-bond acceptors (Lipinski definition) is 2. The maximum atomic E-state index is 11.5. The fourth-order valence-corrected chi connectivity index (χ4v) is 2.22. The van der Waals surface area contributed by atoms with E-state index in [1.54, 1.807) is 18.3 Å². The molecule has 0 saturated carbocycles. The minimum absolute atomic E-state index is 0.138. The quantitative estimate of drug-likeness (QED) is 0.902. The van der Waals surface area contributed by atoms with Gasteiger partial charge in [0.1, 0.15) is 6.54 Å². The number of aliphatic carboxylic acids is 1. The van der Waals surface area contributed by atoms with Gasteiger partial charge in [0.25, 0.3) is 0 Å². The van der Waals surface area contributed by atoms with Gasteiger partial charge in [-0.05, 0) is 29.2 Å². The van der Waals surface area contributed by atoms with Crippen molar-refractivity contribution in [1.82, 2.24) is 4.57 Å². The monoisotopic (exact) mass is 275 g/mol. The molecule has 1 aromatic heterocycles. The summed E-state index contributed by atoms with van der Waals surface area (Å²) in [5.74, 6) is -2.05. The number of aromatic carboxylic acids is 1. The van der Waals surface area contributed by atoms with Crippen molar-refractivity contribution in [2.45, 2.75) is 32.7 Å². The summed E-state index contributed by atoms with van der Waals surface area (Å²) in [7, 11) is 0. The highest BCUT2D eigenvalue weighted by Gasteiger charge is 2.20. The first kappa shape index (κ1) is 14.1. The molecule has 0 unspecified atom stereocenters. The van der Waals surface area contributed by atoms with Gasteiger partial charge >= 0.3 is 11.9 Å². The number of rotatable bonds is 3. The Bertz CT molecular complexity index is 692. The minimum Gasteiger partial charge on any atom is -0.480 e. The largest absolute Gasteiger partial charge is 0.480 e. The van der Waals surface area contributed by atoms with Crippen LogP contribution in [0.5, 0.6) is 0 Å². The number of aromatic nitrogens is 1. The second-order valence-electron chi connectivity index (χ2n) is 5.85. The van der Waals surface area contributed by atoms with E-state index in [0.717, 1.165) is 10.9 Å². The molecule has 0 aliphatic carbocycles. The lowest BCUT2D eigenvalue weighted by Gasteiger charge is -2.20. The molecule has 0 aliphatic rings. The predicted octanol–water partition coefficient (Wildman–Crippen LogP) is 2.72. The van der Waals surface area contributed by atoms with Gasteiger partial charge in [0, 0.05) is 11.6 Å². The second-order valence-corrected chi connectivity index (χ2v) is 5.85. The molecule has 5 nitrogen and oxygen atoms in total. The van der Waals surface area contributed by atoms with Crippen LogP contribution in [0, 0.1) is 0 Å². The van der Waals surface area contributed by atoms with Gasteiger partial charge in [0.2, 0.25) is 0 Å². The van der Waals surface area contributed by atoms with E-state index in [9.17, 15) is 14.7 Å². The highest BCUT2D eigenvalue weighted by Crippen LogP contribution is 2.29. The van der Waals surface area contributed by atoms with E-state index < -0.39 is 11.9 Å². The summed E-state index contributed by atoms with van der Waals surface area (Å²) in [6.45, 7) is 5.77. The van der Waals surface area contributed by atoms with Crippen molar-refractivity contribution >= 4 is 22.8 Å². The lowest BCUT2D eigenvalue weighted by atomic mass is 9.85. The molecule has 2 aromatic rings. The first-order valence-electron chi connectivity index (χ1n) is 6.28. The van der Waals surface area contributed by atoms with Crippen LogP contribution in [-0.4, -0.2) is 26.7 Å². The lowest BCUT2D eigenvalue weighted by molar-refractivity contribution is -0.137. The third-order valence-corrected chi connectivity index (χ3v) is 3.26. The third kappa shape index (κ3) is 2.52. The summed E-state index contributed by atoms with van der Waals surface area (Å²) in [6.07, 6.45) is 1.61. The molecular formula is C15H17NO4. The minimum atomic E-state index is -1.05. The van der Waals surface area contributed by atoms with Crippen LogP contribution >= 0.6 is 0 Å². The number of benzene rings is 1. The summed E-state index contributed by atoms with van der Waals surface area (Å²) >= 11 is 0. The number of nitrogens with zero attached hydrogens (tertiary/aromatic N) is 1. The zero-order valence-electron chi connectivity index (χ0n) is 11.7. The van der Waals surface area contributed by atoms with E-state index in [1.807, 2.05) is 26.8 Å². The van der Waals surface area contributed by atoms with Crippen LogP contribution in [-0.2, 0) is 16.8 Å². The molecule has 1 aromatic carbocycles. The third-order valence-electron chi connectivity index (χ3n) is 3.26. The first-order chi connectivity index (χ1) is 9.20. The number of carboxylic acid groups (broad SMARTS) is 2. The molecule has 2 rings (SSSR count). The number of fused-ring (bicyclic) bond motifs is 1. The Hall–Kier alpha value is -2.30. The Kier molecular flexibility index (Phi) is 3.29. The first-order valence-corrected chi connectivity index (χ1v) is 6.28. The van der Waals surface area contributed by atoms with Gasteiger partial charge in [-0.1, -0.05) is 20.8 Å². The topological polar surface area (TPSA) is 79.5 Å². The van der Waals surface area contributed by atoms with Crippen molar-refractivity contribution in [2.24, 2.45) is 0 Å². The standard InChI is InChI=1S/C15H17NO4/c1-15(2,3)10-6-9-4-5-16(8-12(17)18)13(9)11(7-10)14(19)20/h4-7H,8H2,1-3H3,(H,17,18)(H,19,20). The predicted molar refractivity (Wildman–Crippen MR) is 75.2 cm³/mol. The molecular weight excluding hydrogens is 258 g/mol. The van der Waals surface area contributed by atoms with Crippen molar-refractivity contribution in [1.29, 1.82) is 0 Å². The van der Waals surface area contributed by atoms with Crippen LogP contribution in [0.1, 0.15) is 36.7 Å². The highest BCUT2D eigenvalue weighted by molar-refractivity contribution is 6.03. The summed E-state index contributed by atoms with van der Waals surface area (Å²) in [6, 6.07) is 5.29. The van der Waals surface area contributed by atoms with Crippen molar-refractivity contribution in [3.63, 3.8) is 0 Å². The maximum absolute atomic E-state index is 11.5. The SMILES string of the molecule is CC(C)(C)c1cc(C(=O)O)c2c(ccn2CC(=O)O)c1. The lowest BCUT2D eigenvalue weighted by Crippen LogP contribution is -2.14. The van der Waals surface area contributed by atoms with E-state index in [-0.39, 0.29) is 17.5 Å². The molecule has 5 heteroatoms. The molecule has 0 radical (unpaired) electrons. The molecule has 2 N–H and O–H groups in total. The summed E-state index contributed by atoms with van der Waals surface area (Å²) < 4.78 is 1.45. The molecule has 20 heavy (non-hydrogen) atoms. The van der Waals surface area contributed by atoms with Gasteiger partial charge in [-0.25, -0.2) is 4.79 Å². The Morgan fingerprint density at radius 1 is 1.20 bits per heavy atom. The number of carbonyl (C=O) groups is 2. The Morgan fingerprint density at radius 2 is 1.85 bits per heavy atom. The molecule has 0 fully saturated rings. The number of carboxylic acids is 2. The van der Waals surface area contributed by atoms with E-state index in [2.05, 4.69) is 0 Å². The van der Waals surface area contributed by atoms with Crippen LogP contribution in [0.4, 0.5) is 0 Å². The van der Waals surface area contributed by atoms with Gasteiger partial charge in [0.05, 0.1) is 11.1 Å². The maximum Gasteiger partial charge on any atom is 0.337 e. The Labute approximate surface area is 116 Å². The Balaban J connectivity index is 2.74. The highest BCUT2D eigenvalue weighted by atomic mass is 16.4. The average molecular weight is 275 g/mol. The summed E-state index contributed by atoms with van der Waals surface area (Å²) in [5.41, 5.74) is 1.33. The van der Waals surface area contributed by atoms with E-state index >= 15 is 0 Å². The molecule has 0 atom stereocenters. The fourth-order valence-electron chi connectivity index (χ4n) is 2.22. The molecule has 0 aliphatic heterocycles. The van der Waals surface area contributed by atoms with Crippen LogP contribution < -0.4 is 0 Å². The van der Waals surface area contributed by atoms with Gasteiger partial charge in [-0.3, -0.25) is 4.79 Å². The van der Waals surface area contributed by atoms with Crippen molar-refractivity contribution in [3.8, 4) is 0 Å². The van der Waals surface area contributed by atoms with Crippen LogP contribution in [0.25, 0.3) is 10.9 Å². The van der Waals surface area contributed by atoms with Crippen LogP contribution in [0.2, 0.25) is 0 Å².